The van der Waals surface area contributed by atoms with Gasteiger partial charge in [0.05, 0.1) is 7.11 Å². The monoisotopic (exact) mass is 264 g/mol. The van der Waals surface area contributed by atoms with Crippen LogP contribution in [0.2, 0.25) is 0 Å². The highest BCUT2D eigenvalue weighted by Crippen LogP contribution is 2.45. The fraction of sp³-hybridized carbons (Fsp3) is 0.167. The van der Waals surface area contributed by atoms with E-state index < -0.39 is 0 Å². The van der Waals surface area contributed by atoms with Crippen LogP contribution < -0.4 is 0 Å². The van der Waals surface area contributed by atoms with Gasteiger partial charge < -0.3 is 4.74 Å². The molecule has 2 aromatic rings. The average Bonchev–Trinajstić information content (AvgIpc) is 2.74. The van der Waals surface area contributed by atoms with Crippen molar-refractivity contribution in [3.8, 4) is 11.1 Å². The van der Waals surface area contributed by atoms with Gasteiger partial charge in [-0.1, -0.05) is 42.0 Å². The van der Waals surface area contributed by atoms with Crippen molar-refractivity contribution in [3.63, 3.8) is 0 Å². The van der Waals surface area contributed by atoms with E-state index in [0.29, 0.717) is 0 Å². The smallest absolute Gasteiger partial charge is 0.331 e. The molecule has 0 aliphatic heterocycles. The van der Waals surface area contributed by atoms with Gasteiger partial charge in [0.25, 0.3) is 0 Å². The molecule has 3 rings (SSSR count). The standard InChI is InChI=1S/C18H16O2/c1-11-8-12(2)18-15(9-11)13-6-4-5-7-14(13)16(18)10-17(19)20-3/h4-10H,1-3H3/b16-10+. The minimum atomic E-state index is -0.317. The number of hydrogen-bond donors (Lipinski definition) is 0. The molecule has 0 fully saturated rings. The topological polar surface area (TPSA) is 26.3 Å². The van der Waals surface area contributed by atoms with Crippen LogP contribution >= 0.6 is 0 Å². The highest BCUT2D eigenvalue weighted by molar-refractivity contribution is 6.07. The molecule has 0 heterocycles. The summed E-state index contributed by atoms with van der Waals surface area (Å²) in [5, 5.41) is 0. The van der Waals surface area contributed by atoms with E-state index >= 15 is 0 Å². The van der Waals surface area contributed by atoms with Crippen molar-refractivity contribution in [3.05, 3.63) is 64.7 Å². The van der Waals surface area contributed by atoms with E-state index in [2.05, 4.69) is 38.1 Å². The Kier molecular flexibility index (Phi) is 2.94. The lowest BCUT2D eigenvalue weighted by Gasteiger charge is -2.08. The van der Waals surface area contributed by atoms with Gasteiger partial charge in [0.2, 0.25) is 0 Å². The van der Waals surface area contributed by atoms with Gasteiger partial charge in [-0.3, -0.25) is 0 Å². The van der Waals surface area contributed by atoms with E-state index in [9.17, 15) is 4.79 Å². The van der Waals surface area contributed by atoms with Gasteiger partial charge in [-0.05, 0) is 47.2 Å². The van der Waals surface area contributed by atoms with Gasteiger partial charge in [0.15, 0.2) is 0 Å². The molecule has 1 aliphatic carbocycles. The van der Waals surface area contributed by atoms with Crippen LogP contribution in [0.5, 0.6) is 0 Å². The largest absolute Gasteiger partial charge is 0.466 e. The summed E-state index contributed by atoms with van der Waals surface area (Å²) >= 11 is 0. The number of carbonyl (C=O) groups is 1. The van der Waals surface area contributed by atoms with Crippen molar-refractivity contribution in [2.45, 2.75) is 13.8 Å². The van der Waals surface area contributed by atoms with E-state index in [0.717, 1.165) is 16.7 Å². The Morgan fingerprint density at radius 2 is 1.75 bits per heavy atom. The molecule has 0 N–H and O–H groups in total. The number of benzene rings is 2. The third-order valence-electron chi connectivity index (χ3n) is 3.72. The predicted molar refractivity (Wildman–Crippen MR) is 80.4 cm³/mol. The minimum absolute atomic E-state index is 0.317. The lowest BCUT2D eigenvalue weighted by Crippen LogP contribution is -1.97. The Hall–Kier alpha value is -2.35. The van der Waals surface area contributed by atoms with Gasteiger partial charge in [-0.15, -0.1) is 0 Å². The Morgan fingerprint density at radius 3 is 2.45 bits per heavy atom. The Morgan fingerprint density at radius 1 is 1.05 bits per heavy atom. The van der Waals surface area contributed by atoms with Gasteiger partial charge in [0.1, 0.15) is 0 Å². The number of fused-ring (bicyclic) bond motifs is 3. The molecule has 0 aromatic heterocycles. The quantitative estimate of drug-likeness (QED) is 0.492. The van der Waals surface area contributed by atoms with Crippen LogP contribution in [-0.2, 0) is 9.53 Å². The molecule has 0 atom stereocenters. The zero-order valence-corrected chi connectivity index (χ0v) is 11.9. The van der Waals surface area contributed by atoms with Crippen LogP contribution in [0.1, 0.15) is 22.3 Å². The van der Waals surface area contributed by atoms with Crippen LogP contribution in [0.25, 0.3) is 16.7 Å². The van der Waals surface area contributed by atoms with Crippen molar-refractivity contribution in [1.82, 2.24) is 0 Å². The third kappa shape index (κ3) is 1.85. The summed E-state index contributed by atoms with van der Waals surface area (Å²) in [6.45, 7) is 4.18. The molecule has 2 aromatic carbocycles. The highest BCUT2D eigenvalue weighted by Gasteiger charge is 2.25. The molecule has 0 bridgehead atoms. The number of hydrogen-bond acceptors (Lipinski definition) is 2. The molecule has 0 saturated heterocycles. The fourth-order valence-electron chi connectivity index (χ4n) is 2.95. The van der Waals surface area contributed by atoms with Crippen molar-refractivity contribution in [1.29, 1.82) is 0 Å². The van der Waals surface area contributed by atoms with E-state index in [-0.39, 0.29) is 5.97 Å². The molecular weight excluding hydrogens is 248 g/mol. The van der Waals surface area contributed by atoms with Gasteiger partial charge in [-0.2, -0.15) is 0 Å². The summed E-state index contributed by atoms with van der Waals surface area (Å²) in [5.74, 6) is -0.317. The van der Waals surface area contributed by atoms with Gasteiger partial charge >= 0.3 is 5.97 Å². The van der Waals surface area contributed by atoms with Crippen molar-refractivity contribution in [2.24, 2.45) is 0 Å². The van der Waals surface area contributed by atoms with Crippen LogP contribution in [0.3, 0.4) is 0 Å². The summed E-state index contributed by atoms with van der Waals surface area (Å²) in [4.78, 5) is 11.7. The normalized spacial score (nSPS) is 14.1. The maximum atomic E-state index is 11.7. The fourth-order valence-corrected chi connectivity index (χ4v) is 2.95. The lowest BCUT2D eigenvalue weighted by atomic mass is 9.97. The second kappa shape index (κ2) is 4.64. The molecule has 0 radical (unpaired) electrons. The van der Waals surface area contributed by atoms with E-state index in [1.165, 1.54) is 29.4 Å². The summed E-state index contributed by atoms with van der Waals surface area (Å²) in [6.07, 6.45) is 1.59. The van der Waals surface area contributed by atoms with Crippen LogP contribution in [0.15, 0.2) is 42.5 Å². The molecule has 0 unspecified atom stereocenters. The Balaban J connectivity index is 2.34. The van der Waals surface area contributed by atoms with E-state index in [1.54, 1.807) is 6.08 Å². The van der Waals surface area contributed by atoms with E-state index in [1.807, 2.05) is 12.1 Å². The maximum absolute atomic E-state index is 11.7. The first-order valence-electron chi connectivity index (χ1n) is 6.63. The molecule has 1 aliphatic rings. The number of carbonyl (C=O) groups excluding carboxylic acids is 1. The maximum Gasteiger partial charge on any atom is 0.331 e. The molecule has 2 nitrogen and oxygen atoms in total. The van der Waals surface area contributed by atoms with Crippen LogP contribution in [0.4, 0.5) is 0 Å². The Labute approximate surface area is 118 Å². The predicted octanol–water partition coefficient (Wildman–Crippen LogP) is 3.89. The summed E-state index contributed by atoms with van der Waals surface area (Å²) in [6, 6.07) is 12.5. The van der Waals surface area contributed by atoms with Crippen LogP contribution in [0, 0.1) is 13.8 Å². The van der Waals surface area contributed by atoms with Gasteiger partial charge in [0, 0.05) is 6.08 Å². The first-order valence-corrected chi connectivity index (χ1v) is 6.63. The second-order valence-electron chi connectivity index (χ2n) is 5.13. The number of aryl methyl sites for hydroxylation is 2. The zero-order valence-electron chi connectivity index (χ0n) is 11.9. The van der Waals surface area contributed by atoms with Gasteiger partial charge in [-0.25, -0.2) is 4.79 Å². The van der Waals surface area contributed by atoms with E-state index in [4.69, 9.17) is 4.74 Å². The molecule has 2 heteroatoms. The molecular formula is C18H16O2. The summed E-state index contributed by atoms with van der Waals surface area (Å²) in [5.41, 5.74) is 8.00. The van der Waals surface area contributed by atoms with Crippen LogP contribution in [-0.4, -0.2) is 13.1 Å². The molecule has 0 spiro atoms. The van der Waals surface area contributed by atoms with Crippen molar-refractivity contribution in [2.75, 3.05) is 7.11 Å². The number of rotatable bonds is 1. The first-order chi connectivity index (χ1) is 9.61. The number of esters is 1. The number of methoxy groups -OCH3 is 1. The third-order valence-corrected chi connectivity index (χ3v) is 3.72. The lowest BCUT2D eigenvalue weighted by molar-refractivity contribution is -0.134. The second-order valence-corrected chi connectivity index (χ2v) is 5.13. The molecule has 0 saturated carbocycles. The molecule has 0 amide bonds. The number of ether oxygens (including phenoxy) is 1. The van der Waals surface area contributed by atoms with Crippen molar-refractivity contribution >= 4 is 11.5 Å². The molecule has 20 heavy (non-hydrogen) atoms. The Bertz CT molecular complexity index is 739. The average molecular weight is 264 g/mol. The first kappa shape index (κ1) is 12.7. The highest BCUT2D eigenvalue weighted by atomic mass is 16.5. The minimum Gasteiger partial charge on any atom is -0.466 e. The summed E-state index contributed by atoms with van der Waals surface area (Å²) < 4.78 is 4.79. The van der Waals surface area contributed by atoms with Crippen molar-refractivity contribution < 1.29 is 9.53 Å². The SMILES string of the molecule is COC(=O)/C=C1\c2ccccc2-c2cc(C)cc(C)c21. The zero-order chi connectivity index (χ0) is 14.3. The molecule has 100 valence electrons. The summed E-state index contributed by atoms with van der Waals surface area (Å²) in [7, 11) is 1.41.